The van der Waals surface area contributed by atoms with Gasteiger partial charge in [0, 0.05) is 37.9 Å². The van der Waals surface area contributed by atoms with Crippen LogP contribution in [0.1, 0.15) is 23.6 Å². The van der Waals surface area contributed by atoms with Crippen molar-refractivity contribution in [1.29, 1.82) is 0 Å². The Balaban J connectivity index is 1.59. The molecule has 2 aromatic carbocycles. The van der Waals surface area contributed by atoms with Gasteiger partial charge in [-0.1, -0.05) is 42.5 Å². The lowest BCUT2D eigenvalue weighted by Crippen LogP contribution is -2.54. The molecule has 0 aromatic heterocycles. The summed E-state index contributed by atoms with van der Waals surface area (Å²) in [7, 11) is 0. The van der Waals surface area contributed by atoms with E-state index in [1.54, 1.807) is 0 Å². The molecule has 2 amide bonds. The number of urea groups is 1. The van der Waals surface area contributed by atoms with E-state index in [4.69, 9.17) is 0 Å². The monoisotopic (exact) mass is 337 g/mol. The van der Waals surface area contributed by atoms with Crippen LogP contribution in [-0.2, 0) is 6.54 Å². The third-order valence-electron chi connectivity index (χ3n) is 4.86. The van der Waals surface area contributed by atoms with E-state index in [1.165, 1.54) is 5.56 Å². The number of rotatable bonds is 3. The molecule has 1 N–H and O–H groups in total. The van der Waals surface area contributed by atoms with Crippen LogP contribution in [0.3, 0.4) is 0 Å². The SMILES string of the molecule is Cc1ccc(C)c(NC(=O)N2CCN(Cc3ccccc3)CC2C)c1. The number of nitrogens with one attached hydrogen (secondary N) is 1. The highest BCUT2D eigenvalue weighted by molar-refractivity contribution is 5.90. The molecule has 1 saturated heterocycles. The highest BCUT2D eigenvalue weighted by Crippen LogP contribution is 2.19. The molecule has 0 radical (unpaired) electrons. The van der Waals surface area contributed by atoms with Crippen LogP contribution in [-0.4, -0.2) is 41.5 Å². The van der Waals surface area contributed by atoms with Gasteiger partial charge in [-0.25, -0.2) is 4.79 Å². The van der Waals surface area contributed by atoms with Crippen LogP contribution >= 0.6 is 0 Å². The summed E-state index contributed by atoms with van der Waals surface area (Å²) in [5.74, 6) is 0. The highest BCUT2D eigenvalue weighted by atomic mass is 16.2. The molecule has 4 heteroatoms. The van der Waals surface area contributed by atoms with Gasteiger partial charge in [0.25, 0.3) is 0 Å². The first-order valence-electron chi connectivity index (χ1n) is 8.94. The molecular formula is C21H27N3O. The molecule has 25 heavy (non-hydrogen) atoms. The van der Waals surface area contributed by atoms with Crippen molar-refractivity contribution < 1.29 is 4.79 Å². The molecule has 1 aliphatic heterocycles. The zero-order valence-electron chi connectivity index (χ0n) is 15.3. The second-order valence-electron chi connectivity index (χ2n) is 7.01. The first-order valence-corrected chi connectivity index (χ1v) is 8.94. The largest absolute Gasteiger partial charge is 0.322 e. The average Bonchev–Trinajstić information content (AvgIpc) is 2.59. The summed E-state index contributed by atoms with van der Waals surface area (Å²) in [4.78, 5) is 17.1. The average molecular weight is 337 g/mol. The van der Waals surface area contributed by atoms with Crippen molar-refractivity contribution in [2.75, 3.05) is 25.0 Å². The van der Waals surface area contributed by atoms with Gasteiger partial charge in [-0.05, 0) is 43.5 Å². The van der Waals surface area contributed by atoms with Gasteiger partial charge in [0.2, 0.25) is 0 Å². The molecular weight excluding hydrogens is 310 g/mol. The molecule has 0 aliphatic carbocycles. The van der Waals surface area contributed by atoms with Crippen LogP contribution in [0.5, 0.6) is 0 Å². The Morgan fingerprint density at radius 3 is 2.60 bits per heavy atom. The lowest BCUT2D eigenvalue weighted by atomic mass is 10.1. The van der Waals surface area contributed by atoms with Crippen molar-refractivity contribution >= 4 is 11.7 Å². The van der Waals surface area contributed by atoms with E-state index in [1.807, 2.05) is 36.9 Å². The number of hydrogen-bond donors (Lipinski definition) is 1. The third kappa shape index (κ3) is 4.40. The smallest absolute Gasteiger partial charge is 0.319 e. The van der Waals surface area contributed by atoms with Crippen molar-refractivity contribution in [3.8, 4) is 0 Å². The fraction of sp³-hybridized carbons (Fsp3) is 0.381. The Hall–Kier alpha value is -2.33. The van der Waals surface area contributed by atoms with E-state index in [9.17, 15) is 4.79 Å². The van der Waals surface area contributed by atoms with E-state index in [2.05, 4.69) is 47.5 Å². The Labute approximate surface area is 150 Å². The van der Waals surface area contributed by atoms with Crippen LogP contribution in [0.15, 0.2) is 48.5 Å². The van der Waals surface area contributed by atoms with Crippen molar-refractivity contribution in [3.63, 3.8) is 0 Å². The second-order valence-corrected chi connectivity index (χ2v) is 7.01. The molecule has 1 fully saturated rings. The molecule has 3 rings (SSSR count). The summed E-state index contributed by atoms with van der Waals surface area (Å²) in [6, 6.07) is 16.9. The lowest BCUT2D eigenvalue weighted by molar-refractivity contribution is 0.104. The predicted octanol–water partition coefficient (Wildman–Crippen LogP) is 4.04. The molecule has 1 atom stereocenters. The summed E-state index contributed by atoms with van der Waals surface area (Å²) < 4.78 is 0. The zero-order valence-corrected chi connectivity index (χ0v) is 15.3. The number of aryl methyl sites for hydroxylation is 2. The first kappa shape index (κ1) is 17.5. The Kier molecular flexibility index (Phi) is 5.39. The fourth-order valence-corrected chi connectivity index (χ4v) is 3.38. The summed E-state index contributed by atoms with van der Waals surface area (Å²) in [5.41, 5.74) is 4.47. The number of carbonyl (C=O) groups is 1. The number of amides is 2. The van der Waals surface area contributed by atoms with E-state index in [0.717, 1.165) is 43.0 Å². The topological polar surface area (TPSA) is 35.6 Å². The normalized spacial score (nSPS) is 18.2. The molecule has 1 aliphatic rings. The van der Waals surface area contributed by atoms with Crippen molar-refractivity contribution in [3.05, 3.63) is 65.2 Å². The van der Waals surface area contributed by atoms with Gasteiger partial charge in [-0.2, -0.15) is 0 Å². The van der Waals surface area contributed by atoms with E-state index in [-0.39, 0.29) is 12.1 Å². The summed E-state index contributed by atoms with van der Waals surface area (Å²) >= 11 is 0. The quantitative estimate of drug-likeness (QED) is 0.917. The minimum absolute atomic E-state index is 0.000520. The van der Waals surface area contributed by atoms with Gasteiger partial charge < -0.3 is 10.2 Å². The minimum Gasteiger partial charge on any atom is -0.319 e. The Bertz CT molecular complexity index is 729. The van der Waals surface area contributed by atoms with Crippen molar-refractivity contribution in [1.82, 2.24) is 9.80 Å². The maximum absolute atomic E-state index is 12.7. The maximum Gasteiger partial charge on any atom is 0.322 e. The Morgan fingerprint density at radius 1 is 1.12 bits per heavy atom. The Morgan fingerprint density at radius 2 is 1.88 bits per heavy atom. The standard InChI is InChI=1S/C21H27N3O/c1-16-9-10-17(2)20(13-16)22-21(25)24-12-11-23(14-18(24)3)15-19-7-5-4-6-8-19/h4-10,13,18H,11-12,14-15H2,1-3H3,(H,22,25). The molecule has 2 aromatic rings. The molecule has 0 spiro atoms. The van der Waals surface area contributed by atoms with Crippen molar-refractivity contribution in [2.24, 2.45) is 0 Å². The van der Waals surface area contributed by atoms with Gasteiger partial charge in [0.05, 0.1) is 0 Å². The van der Waals surface area contributed by atoms with Crippen molar-refractivity contribution in [2.45, 2.75) is 33.4 Å². The number of carbonyl (C=O) groups excluding carboxylic acids is 1. The highest BCUT2D eigenvalue weighted by Gasteiger charge is 2.27. The van der Waals surface area contributed by atoms with Gasteiger partial charge >= 0.3 is 6.03 Å². The van der Waals surface area contributed by atoms with Crippen LogP contribution in [0.25, 0.3) is 0 Å². The predicted molar refractivity (Wildman–Crippen MR) is 103 cm³/mol. The number of piperazine rings is 1. The van der Waals surface area contributed by atoms with Gasteiger partial charge in [0.1, 0.15) is 0 Å². The van der Waals surface area contributed by atoms with Crippen LogP contribution in [0.2, 0.25) is 0 Å². The summed E-state index contributed by atoms with van der Waals surface area (Å²) in [6.07, 6.45) is 0. The number of nitrogens with zero attached hydrogens (tertiary/aromatic N) is 2. The molecule has 0 bridgehead atoms. The molecule has 1 unspecified atom stereocenters. The molecule has 132 valence electrons. The maximum atomic E-state index is 12.7. The van der Waals surface area contributed by atoms with Gasteiger partial charge in [0.15, 0.2) is 0 Å². The summed E-state index contributed by atoms with van der Waals surface area (Å²) in [6.45, 7) is 9.69. The number of benzene rings is 2. The third-order valence-corrected chi connectivity index (χ3v) is 4.86. The van der Waals surface area contributed by atoms with Crippen LogP contribution in [0.4, 0.5) is 10.5 Å². The van der Waals surface area contributed by atoms with Gasteiger partial charge in [-0.3, -0.25) is 4.90 Å². The zero-order chi connectivity index (χ0) is 17.8. The molecule has 0 saturated carbocycles. The van der Waals surface area contributed by atoms with E-state index in [0.29, 0.717) is 0 Å². The number of anilines is 1. The van der Waals surface area contributed by atoms with Crippen LogP contribution in [0, 0.1) is 13.8 Å². The molecule has 1 heterocycles. The minimum atomic E-state index is 0.000520. The first-order chi connectivity index (χ1) is 12.0. The lowest BCUT2D eigenvalue weighted by Gasteiger charge is -2.39. The summed E-state index contributed by atoms with van der Waals surface area (Å²) in [5, 5.41) is 3.08. The van der Waals surface area contributed by atoms with E-state index >= 15 is 0 Å². The second kappa shape index (κ2) is 7.70. The molecule has 4 nitrogen and oxygen atoms in total. The van der Waals surface area contributed by atoms with E-state index < -0.39 is 0 Å². The fourth-order valence-electron chi connectivity index (χ4n) is 3.38. The number of hydrogen-bond acceptors (Lipinski definition) is 2. The van der Waals surface area contributed by atoms with Crippen LogP contribution < -0.4 is 5.32 Å². The van der Waals surface area contributed by atoms with Gasteiger partial charge in [-0.15, -0.1) is 0 Å².